The van der Waals surface area contributed by atoms with E-state index in [4.69, 9.17) is 0 Å². The Morgan fingerprint density at radius 2 is 1.75 bits per heavy atom. The maximum absolute atomic E-state index is 12.9. The van der Waals surface area contributed by atoms with Crippen LogP contribution >= 0.6 is 0 Å². The topological polar surface area (TPSA) is 72.9 Å². The minimum Gasteiger partial charge on any atom is -0.396 e. The maximum Gasteiger partial charge on any atom is 0.253 e. The van der Waals surface area contributed by atoms with Crippen LogP contribution in [0.5, 0.6) is 0 Å². The number of benzene rings is 1. The molecule has 2 N–H and O–H groups in total. The van der Waals surface area contributed by atoms with E-state index in [1.807, 2.05) is 43.0 Å². The quantitative estimate of drug-likeness (QED) is 0.747. The SMILES string of the molecule is CC(C)C(=O)NCc1ccc(C(=O)N2C[C@@H](CN3CCCC3)[C@@H](CO)C2)cc1. The summed E-state index contributed by atoms with van der Waals surface area (Å²) in [7, 11) is 0. The molecule has 2 heterocycles. The summed E-state index contributed by atoms with van der Waals surface area (Å²) in [6.45, 7) is 8.93. The highest BCUT2D eigenvalue weighted by molar-refractivity contribution is 5.94. The van der Waals surface area contributed by atoms with Gasteiger partial charge in [0.15, 0.2) is 0 Å². The van der Waals surface area contributed by atoms with Crippen LogP contribution in [0.2, 0.25) is 0 Å². The van der Waals surface area contributed by atoms with Crippen molar-refractivity contribution in [1.82, 2.24) is 15.1 Å². The molecule has 1 aromatic rings. The van der Waals surface area contributed by atoms with E-state index in [2.05, 4.69) is 10.2 Å². The van der Waals surface area contributed by atoms with Gasteiger partial charge in [0.2, 0.25) is 5.91 Å². The molecule has 0 unspecified atom stereocenters. The van der Waals surface area contributed by atoms with Gasteiger partial charge in [0.05, 0.1) is 0 Å². The fourth-order valence-corrected chi connectivity index (χ4v) is 4.16. The Labute approximate surface area is 167 Å². The molecule has 0 bridgehead atoms. The minimum absolute atomic E-state index is 0.0244. The first-order valence-corrected chi connectivity index (χ1v) is 10.5. The zero-order chi connectivity index (χ0) is 20.1. The number of aliphatic hydroxyl groups is 1. The molecule has 3 rings (SSSR count). The Bertz CT molecular complexity index is 668. The monoisotopic (exact) mass is 387 g/mol. The molecule has 2 fully saturated rings. The van der Waals surface area contributed by atoms with Crippen molar-refractivity contribution in [3.05, 3.63) is 35.4 Å². The third-order valence-electron chi connectivity index (χ3n) is 5.98. The smallest absolute Gasteiger partial charge is 0.253 e. The van der Waals surface area contributed by atoms with Crippen molar-refractivity contribution in [2.75, 3.05) is 39.3 Å². The molecule has 0 aromatic heterocycles. The van der Waals surface area contributed by atoms with E-state index in [1.54, 1.807) is 0 Å². The minimum atomic E-state index is -0.0380. The largest absolute Gasteiger partial charge is 0.396 e. The van der Waals surface area contributed by atoms with Crippen molar-refractivity contribution in [3.8, 4) is 0 Å². The van der Waals surface area contributed by atoms with Crippen molar-refractivity contribution in [1.29, 1.82) is 0 Å². The summed E-state index contributed by atoms with van der Waals surface area (Å²) in [5, 5.41) is 12.7. The van der Waals surface area contributed by atoms with Crippen molar-refractivity contribution in [2.24, 2.45) is 17.8 Å². The average molecular weight is 388 g/mol. The van der Waals surface area contributed by atoms with Crippen LogP contribution in [0.15, 0.2) is 24.3 Å². The highest BCUT2D eigenvalue weighted by Gasteiger charge is 2.36. The van der Waals surface area contributed by atoms with E-state index in [0.717, 1.165) is 25.2 Å². The molecule has 2 atom stereocenters. The van der Waals surface area contributed by atoms with Gasteiger partial charge in [-0.2, -0.15) is 0 Å². The van der Waals surface area contributed by atoms with Gasteiger partial charge >= 0.3 is 0 Å². The van der Waals surface area contributed by atoms with Crippen LogP contribution in [0.1, 0.15) is 42.6 Å². The lowest BCUT2D eigenvalue weighted by atomic mass is 9.96. The number of aliphatic hydroxyl groups excluding tert-OH is 1. The molecular formula is C22H33N3O3. The summed E-state index contributed by atoms with van der Waals surface area (Å²) in [4.78, 5) is 28.9. The molecule has 0 saturated carbocycles. The van der Waals surface area contributed by atoms with Gasteiger partial charge in [-0.25, -0.2) is 0 Å². The zero-order valence-electron chi connectivity index (χ0n) is 17.1. The number of nitrogens with one attached hydrogen (secondary N) is 1. The normalized spacial score (nSPS) is 22.8. The van der Waals surface area contributed by atoms with Gasteiger partial charge in [0.1, 0.15) is 0 Å². The highest BCUT2D eigenvalue weighted by atomic mass is 16.3. The van der Waals surface area contributed by atoms with E-state index in [0.29, 0.717) is 31.1 Å². The van der Waals surface area contributed by atoms with Gasteiger partial charge < -0.3 is 20.2 Å². The molecule has 28 heavy (non-hydrogen) atoms. The first-order valence-electron chi connectivity index (χ1n) is 10.5. The van der Waals surface area contributed by atoms with E-state index in [1.165, 1.54) is 12.8 Å². The Morgan fingerprint density at radius 1 is 1.11 bits per heavy atom. The number of amides is 2. The molecule has 154 valence electrons. The lowest BCUT2D eigenvalue weighted by molar-refractivity contribution is -0.124. The number of likely N-dealkylation sites (tertiary alicyclic amines) is 2. The van der Waals surface area contributed by atoms with Gasteiger partial charge in [-0.1, -0.05) is 26.0 Å². The lowest BCUT2D eigenvalue weighted by Crippen LogP contribution is -2.32. The predicted octanol–water partition coefficient (Wildman–Crippen LogP) is 1.74. The van der Waals surface area contributed by atoms with Crippen LogP contribution in [0, 0.1) is 17.8 Å². The number of nitrogens with zero attached hydrogens (tertiary/aromatic N) is 2. The van der Waals surface area contributed by atoms with Crippen molar-refractivity contribution in [3.63, 3.8) is 0 Å². The second kappa shape index (κ2) is 9.52. The average Bonchev–Trinajstić information content (AvgIpc) is 3.36. The van der Waals surface area contributed by atoms with Gasteiger partial charge in [-0.05, 0) is 49.5 Å². The van der Waals surface area contributed by atoms with E-state index >= 15 is 0 Å². The van der Waals surface area contributed by atoms with Crippen LogP contribution in [-0.4, -0.2) is 66.1 Å². The third-order valence-corrected chi connectivity index (χ3v) is 5.98. The van der Waals surface area contributed by atoms with Crippen LogP contribution in [-0.2, 0) is 11.3 Å². The predicted molar refractivity (Wildman–Crippen MR) is 109 cm³/mol. The number of rotatable bonds is 7. The van der Waals surface area contributed by atoms with Crippen LogP contribution in [0.4, 0.5) is 0 Å². The molecule has 2 saturated heterocycles. The first kappa shape index (κ1) is 20.8. The number of hydrogen-bond donors (Lipinski definition) is 2. The summed E-state index contributed by atoms with van der Waals surface area (Å²) in [6.07, 6.45) is 2.51. The molecular weight excluding hydrogens is 354 g/mol. The summed E-state index contributed by atoms with van der Waals surface area (Å²) in [5.74, 6) is 0.521. The van der Waals surface area contributed by atoms with E-state index < -0.39 is 0 Å². The Kier molecular flexibility index (Phi) is 7.08. The van der Waals surface area contributed by atoms with Gasteiger partial charge in [0, 0.05) is 50.2 Å². The molecule has 2 aliphatic heterocycles. The highest BCUT2D eigenvalue weighted by Crippen LogP contribution is 2.27. The Morgan fingerprint density at radius 3 is 2.36 bits per heavy atom. The van der Waals surface area contributed by atoms with Crippen molar-refractivity contribution < 1.29 is 14.7 Å². The summed E-state index contributed by atoms with van der Waals surface area (Å²) < 4.78 is 0. The Balaban J connectivity index is 1.56. The number of hydrogen-bond acceptors (Lipinski definition) is 4. The fourth-order valence-electron chi connectivity index (χ4n) is 4.16. The van der Waals surface area contributed by atoms with Crippen molar-refractivity contribution >= 4 is 11.8 Å². The number of carbonyl (C=O) groups is 2. The number of carbonyl (C=O) groups excluding carboxylic acids is 2. The van der Waals surface area contributed by atoms with Crippen LogP contribution < -0.4 is 5.32 Å². The van der Waals surface area contributed by atoms with E-state index in [-0.39, 0.29) is 30.3 Å². The second-order valence-electron chi connectivity index (χ2n) is 8.49. The van der Waals surface area contributed by atoms with Gasteiger partial charge in [0.25, 0.3) is 5.91 Å². The molecule has 0 radical (unpaired) electrons. The van der Waals surface area contributed by atoms with Crippen molar-refractivity contribution in [2.45, 2.75) is 33.2 Å². The summed E-state index contributed by atoms with van der Waals surface area (Å²) in [5.41, 5.74) is 1.64. The first-order chi connectivity index (χ1) is 13.5. The van der Waals surface area contributed by atoms with Crippen LogP contribution in [0.25, 0.3) is 0 Å². The van der Waals surface area contributed by atoms with Gasteiger partial charge in [-0.3, -0.25) is 9.59 Å². The molecule has 1 aromatic carbocycles. The van der Waals surface area contributed by atoms with E-state index in [9.17, 15) is 14.7 Å². The Hall–Kier alpha value is -1.92. The lowest BCUT2D eigenvalue weighted by Gasteiger charge is -2.22. The maximum atomic E-state index is 12.9. The standard InChI is InChI=1S/C22H33N3O3/c1-16(2)21(27)23-11-17-5-7-18(8-6-17)22(28)25-13-19(20(14-25)15-26)12-24-9-3-4-10-24/h5-8,16,19-20,26H,3-4,9-15H2,1-2H3,(H,23,27)/t19-,20-/m1/s1. The molecule has 0 spiro atoms. The fraction of sp³-hybridized carbons (Fsp3) is 0.636. The summed E-state index contributed by atoms with van der Waals surface area (Å²) in [6, 6.07) is 7.46. The molecule has 2 aliphatic rings. The molecule has 2 amide bonds. The zero-order valence-corrected chi connectivity index (χ0v) is 17.1. The summed E-state index contributed by atoms with van der Waals surface area (Å²) >= 11 is 0. The second-order valence-corrected chi connectivity index (χ2v) is 8.49. The van der Waals surface area contributed by atoms with Crippen LogP contribution in [0.3, 0.4) is 0 Å². The third kappa shape index (κ3) is 5.11. The molecule has 6 heteroatoms. The van der Waals surface area contributed by atoms with Gasteiger partial charge in [-0.15, -0.1) is 0 Å². The molecule has 0 aliphatic carbocycles. The molecule has 6 nitrogen and oxygen atoms in total.